The average Bonchev–Trinajstić information content (AvgIpc) is 3.12. The lowest BCUT2D eigenvalue weighted by Crippen LogP contribution is -2.51. The van der Waals surface area contributed by atoms with Gasteiger partial charge in [0.1, 0.15) is 18.0 Å². The number of fused-ring (bicyclic) bond motifs is 1. The van der Waals surface area contributed by atoms with Crippen LogP contribution in [0.15, 0.2) is 42.6 Å². The molecule has 1 saturated heterocycles. The SMILES string of the molecule is Cc1cc(OCC2(O)CCCN(Cc3ccc4[nH]ccc4c3)C2)cc(C)c1Cl. The molecule has 28 heavy (non-hydrogen) atoms. The van der Waals surface area contributed by atoms with E-state index in [1.807, 2.05) is 32.2 Å². The zero-order valence-electron chi connectivity index (χ0n) is 16.5. The van der Waals surface area contributed by atoms with Crippen LogP contribution in [-0.2, 0) is 6.54 Å². The molecule has 1 aromatic heterocycles. The summed E-state index contributed by atoms with van der Waals surface area (Å²) in [7, 11) is 0. The van der Waals surface area contributed by atoms with Crippen molar-refractivity contribution in [3.63, 3.8) is 0 Å². The highest BCUT2D eigenvalue weighted by atomic mass is 35.5. The smallest absolute Gasteiger partial charge is 0.120 e. The summed E-state index contributed by atoms with van der Waals surface area (Å²) in [4.78, 5) is 5.55. The standard InChI is InChI=1S/C23H27ClN2O2/c1-16-10-20(11-17(2)22(16)24)28-15-23(27)7-3-9-26(14-23)13-18-4-5-21-19(12-18)6-8-25-21/h4-6,8,10-12,25,27H,3,7,9,13-15H2,1-2H3. The highest BCUT2D eigenvalue weighted by Gasteiger charge is 2.34. The molecule has 0 saturated carbocycles. The van der Waals surface area contributed by atoms with Crippen molar-refractivity contribution in [1.82, 2.24) is 9.88 Å². The number of hydrogen-bond donors (Lipinski definition) is 2. The molecule has 4 rings (SSSR count). The Hall–Kier alpha value is -2.01. The van der Waals surface area contributed by atoms with E-state index in [-0.39, 0.29) is 0 Å². The molecule has 0 bridgehead atoms. The van der Waals surface area contributed by atoms with Gasteiger partial charge in [-0.05, 0) is 85.6 Å². The van der Waals surface area contributed by atoms with Gasteiger partial charge in [-0.2, -0.15) is 0 Å². The second-order valence-corrected chi connectivity index (χ2v) is 8.48. The fraction of sp³-hybridized carbons (Fsp3) is 0.391. The molecule has 2 heterocycles. The quantitative estimate of drug-likeness (QED) is 0.646. The van der Waals surface area contributed by atoms with Gasteiger partial charge in [0.25, 0.3) is 0 Å². The number of aromatic amines is 1. The number of hydrogen-bond acceptors (Lipinski definition) is 3. The van der Waals surface area contributed by atoms with Crippen molar-refractivity contribution in [2.45, 2.75) is 38.8 Å². The van der Waals surface area contributed by atoms with Crippen molar-refractivity contribution in [3.05, 3.63) is 64.3 Å². The van der Waals surface area contributed by atoms with E-state index in [1.165, 1.54) is 10.9 Å². The number of halogens is 1. The van der Waals surface area contributed by atoms with Gasteiger partial charge in [-0.25, -0.2) is 0 Å². The maximum atomic E-state index is 11.1. The van der Waals surface area contributed by atoms with Crippen molar-refractivity contribution in [2.24, 2.45) is 0 Å². The van der Waals surface area contributed by atoms with Gasteiger partial charge >= 0.3 is 0 Å². The first-order valence-electron chi connectivity index (χ1n) is 9.82. The highest BCUT2D eigenvalue weighted by Crippen LogP contribution is 2.28. The lowest BCUT2D eigenvalue weighted by molar-refractivity contribution is -0.0621. The van der Waals surface area contributed by atoms with Crippen LogP contribution in [0, 0.1) is 13.8 Å². The number of aliphatic hydroxyl groups is 1. The summed E-state index contributed by atoms with van der Waals surface area (Å²) in [5.74, 6) is 0.767. The Morgan fingerprint density at radius 1 is 1.18 bits per heavy atom. The zero-order valence-corrected chi connectivity index (χ0v) is 17.2. The molecule has 1 unspecified atom stereocenters. The maximum absolute atomic E-state index is 11.1. The van der Waals surface area contributed by atoms with Crippen LogP contribution < -0.4 is 4.74 Å². The van der Waals surface area contributed by atoms with Gasteiger partial charge in [0.05, 0.1) is 0 Å². The molecule has 4 nitrogen and oxygen atoms in total. The van der Waals surface area contributed by atoms with Gasteiger partial charge in [-0.1, -0.05) is 17.7 Å². The third-order valence-electron chi connectivity index (χ3n) is 5.58. The first-order chi connectivity index (χ1) is 13.4. The summed E-state index contributed by atoms with van der Waals surface area (Å²) in [5, 5.41) is 13.1. The van der Waals surface area contributed by atoms with Crippen molar-refractivity contribution in [1.29, 1.82) is 0 Å². The lowest BCUT2D eigenvalue weighted by Gasteiger charge is -2.39. The molecular weight excluding hydrogens is 372 g/mol. The number of H-pyrrole nitrogens is 1. The third-order valence-corrected chi connectivity index (χ3v) is 6.17. The fourth-order valence-electron chi connectivity index (χ4n) is 4.13. The van der Waals surface area contributed by atoms with Gasteiger partial charge in [0.15, 0.2) is 0 Å². The van der Waals surface area contributed by atoms with E-state index in [9.17, 15) is 5.11 Å². The zero-order chi connectivity index (χ0) is 19.7. The predicted octanol–water partition coefficient (Wildman–Crippen LogP) is 4.84. The van der Waals surface area contributed by atoms with Crippen LogP contribution >= 0.6 is 11.6 Å². The molecule has 2 N–H and O–H groups in total. The first-order valence-corrected chi connectivity index (χ1v) is 10.2. The second kappa shape index (κ2) is 7.78. The largest absolute Gasteiger partial charge is 0.491 e. The van der Waals surface area contributed by atoms with E-state index in [0.29, 0.717) is 13.2 Å². The summed E-state index contributed by atoms with van der Waals surface area (Å²) >= 11 is 6.24. The van der Waals surface area contributed by atoms with Gasteiger partial charge in [-0.15, -0.1) is 0 Å². The Labute approximate surface area is 171 Å². The second-order valence-electron chi connectivity index (χ2n) is 8.10. The summed E-state index contributed by atoms with van der Waals surface area (Å²) < 4.78 is 5.97. The minimum Gasteiger partial charge on any atom is -0.491 e. The van der Waals surface area contributed by atoms with Crippen LogP contribution in [0.4, 0.5) is 0 Å². The number of piperidine rings is 1. The summed E-state index contributed by atoms with van der Waals surface area (Å²) in [5.41, 5.74) is 3.57. The molecule has 3 aromatic rings. The third kappa shape index (κ3) is 4.19. The molecule has 148 valence electrons. The molecule has 0 spiro atoms. The average molecular weight is 399 g/mol. The summed E-state index contributed by atoms with van der Waals surface area (Å²) in [6.07, 6.45) is 3.68. The molecule has 1 fully saturated rings. The van der Waals surface area contributed by atoms with Gasteiger partial charge in [0, 0.05) is 29.8 Å². The van der Waals surface area contributed by atoms with Crippen molar-refractivity contribution in [2.75, 3.05) is 19.7 Å². The lowest BCUT2D eigenvalue weighted by atomic mass is 9.93. The van der Waals surface area contributed by atoms with Gasteiger partial charge in [-0.3, -0.25) is 4.90 Å². The van der Waals surface area contributed by atoms with E-state index >= 15 is 0 Å². The molecule has 1 atom stereocenters. The number of rotatable bonds is 5. The Kier molecular flexibility index (Phi) is 5.37. The molecule has 2 aromatic carbocycles. The Balaban J connectivity index is 1.40. The van der Waals surface area contributed by atoms with Crippen LogP contribution in [0.3, 0.4) is 0 Å². The number of benzene rings is 2. The Morgan fingerprint density at radius 2 is 1.96 bits per heavy atom. The number of likely N-dealkylation sites (tertiary alicyclic amines) is 1. The van der Waals surface area contributed by atoms with E-state index < -0.39 is 5.60 Å². The van der Waals surface area contributed by atoms with Crippen LogP contribution in [0.25, 0.3) is 10.9 Å². The van der Waals surface area contributed by atoms with E-state index in [2.05, 4.69) is 34.1 Å². The van der Waals surface area contributed by atoms with Crippen molar-refractivity contribution >= 4 is 22.5 Å². The summed E-state index contributed by atoms with van der Waals surface area (Å²) in [6, 6.07) is 12.5. The normalized spacial score (nSPS) is 20.6. The number of aryl methyl sites for hydroxylation is 2. The number of aromatic nitrogens is 1. The predicted molar refractivity (Wildman–Crippen MR) is 114 cm³/mol. The first kappa shape index (κ1) is 19.3. The van der Waals surface area contributed by atoms with Gasteiger partial charge < -0.3 is 14.8 Å². The number of ether oxygens (including phenoxy) is 1. The molecule has 0 amide bonds. The Bertz CT molecular complexity index is 961. The maximum Gasteiger partial charge on any atom is 0.120 e. The molecule has 5 heteroatoms. The van der Waals surface area contributed by atoms with Crippen LogP contribution in [0.2, 0.25) is 5.02 Å². The van der Waals surface area contributed by atoms with Crippen LogP contribution in [-0.4, -0.2) is 40.3 Å². The van der Waals surface area contributed by atoms with E-state index in [4.69, 9.17) is 16.3 Å². The monoisotopic (exact) mass is 398 g/mol. The number of nitrogens with one attached hydrogen (secondary N) is 1. The van der Waals surface area contributed by atoms with Crippen LogP contribution in [0.5, 0.6) is 5.75 Å². The van der Waals surface area contributed by atoms with Gasteiger partial charge in [0.2, 0.25) is 0 Å². The van der Waals surface area contributed by atoms with Crippen molar-refractivity contribution in [3.8, 4) is 5.75 Å². The number of nitrogens with zero attached hydrogens (tertiary/aromatic N) is 1. The van der Waals surface area contributed by atoms with E-state index in [1.54, 1.807) is 0 Å². The minimum atomic E-state index is -0.835. The highest BCUT2D eigenvalue weighted by molar-refractivity contribution is 6.32. The van der Waals surface area contributed by atoms with Crippen molar-refractivity contribution < 1.29 is 9.84 Å². The summed E-state index contributed by atoms with van der Waals surface area (Å²) in [6.45, 7) is 6.68. The fourth-order valence-corrected chi connectivity index (χ4v) is 4.23. The van der Waals surface area contributed by atoms with E-state index in [0.717, 1.165) is 53.3 Å². The molecule has 1 aliphatic heterocycles. The molecule has 1 aliphatic rings. The minimum absolute atomic E-state index is 0.293. The topological polar surface area (TPSA) is 48.5 Å². The van der Waals surface area contributed by atoms with Crippen LogP contribution in [0.1, 0.15) is 29.5 Å². The Morgan fingerprint density at radius 3 is 2.75 bits per heavy atom. The number of β-amino-alcohol motifs (C(OH)–C–C–N with tert-alkyl or cyclic N) is 1. The molecule has 0 radical (unpaired) electrons. The molecule has 0 aliphatic carbocycles. The molecular formula is C23H27ClN2O2.